The molecule has 0 aliphatic heterocycles. The van der Waals surface area contributed by atoms with Crippen molar-refractivity contribution < 1.29 is 4.74 Å². The highest BCUT2D eigenvalue weighted by Gasteiger charge is 2.08. The molecule has 0 fully saturated rings. The average Bonchev–Trinajstić information content (AvgIpc) is 2.41. The fraction of sp³-hybridized carbons (Fsp3) is 0.250. The Morgan fingerprint density at radius 2 is 1.84 bits per heavy atom. The number of ether oxygens (including phenoxy) is 1. The summed E-state index contributed by atoms with van der Waals surface area (Å²) in [7, 11) is 0. The van der Waals surface area contributed by atoms with Crippen molar-refractivity contribution in [2.75, 3.05) is 6.54 Å². The van der Waals surface area contributed by atoms with E-state index >= 15 is 0 Å². The van der Waals surface area contributed by atoms with Crippen molar-refractivity contribution >= 4 is 11.6 Å². The Kier molecular flexibility index (Phi) is 4.83. The van der Waals surface area contributed by atoms with Gasteiger partial charge in [0.1, 0.15) is 11.5 Å². The lowest BCUT2D eigenvalue weighted by atomic mass is 10.2. The first-order valence-corrected chi connectivity index (χ1v) is 6.81. The van der Waals surface area contributed by atoms with Gasteiger partial charge in [-0.25, -0.2) is 0 Å². The molecule has 0 atom stereocenters. The minimum Gasteiger partial charge on any atom is -0.457 e. The Balaban J connectivity index is 2.23. The second-order valence-corrected chi connectivity index (χ2v) is 4.82. The third-order valence-corrected chi connectivity index (χ3v) is 3.23. The molecule has 0 saturated carbocycles. The SMILES string of the molecule is CCNCc1c(Cl)cccc1Oc1ccc(C)cc1. The maximum Gasteiger partial charge on any atom is 0.133 e. The van der Waals surface area contributed by atoms with E-state index in [1.807, 2.05) is 42.5 Å². The van der Waals surface area contributed by atoms with Gasteiger partial charge < -0.3 is 10.1 Å². The Bertz CT molecular complexity index is 537. The smallest absolute Gasteiger partial charge is 0.133 e. The molecule has 3 heteroatoms. The van der Waals surface area contributed by atoms with Crippen LogP contribution in [-0.2, 0) is 6.54 Å². The summed E-state index contributed by atoms with van der Waals surface area (Å²) in [5, 5.41) is 4.00. The molecule has 0 aliphatic rings. The summed E-state index contributed by atoms with van der Waals surface area (Å²) in [6.07, 6.45) is 0. The van der Waals surface area contributed by atoms with Crippen LogP contribution in [0.1, 0.15) is 18.1 Å². The van der Waals surface area contributed by atoms with Gasteiger partial charge in [0.25, 0.3) is 0 Å². The zero-order valence-electron chi connectivity index (χ0n) is 11.2. The van der Waals surface area contributed by atoms with Crippen LogP contribution in [0.25, 0.3) is 0 Å². The zero-order chi connectivity index (χ0) is 13.7. The molecule has 2 aromatic carbocycles. The largest absolute Gasteiger partial charge is 0.457 e. The zero-order valence-corrected chi connectivity index (χ0v) is 12.0. The van der Waals surface area contributed by atoms with E-state index < -0.39 is 0 Å². The van der Waals surface area contributed by atoms with Gasteiger partial charge in [0.05, 0.1) is 0 Å². The van der Waals surface area contributed by atoms with Crippen LogP contribution in [0.3, 0.4) is 0 Å². The van der Waals surface area contributed by atoms with Crippen LogP contribution in [0.2, 0.25) is 5.02 Å². The van der Waals surface area contributed by atoms with Gasteiger partial charge in [-0.05, 0) is 37.7 Å². The summed E-state index contributed by atoms with van der Waals surface area (Å²) >= 11 is 6.24. The van der Waals surface area contributed by atoms with Crippen LogP contribution in [0.5, 0.6) is 11.5 Å². The van der Waals surface area contributed by atoms with Gasteiger partial charge in [0.2, 0.25) is 0 Å². The van der Waals surface area contributed by atoms with E-state index in [0.717, 1.165) is 28.6 Å². The molecular weight excluding hydrogens is 258 g/mol. The van der Waals surface area contributed by atoms with E-state index in [2.05, 4.69) is 19.2 Å². The van der Waals surface area contributed by atoms with Crippen LogP contribution >= 0.6 is 11.6 Å². The second-order valence-electron chi connectivity index (χ2n) is 4.41. The molecule has 0 bridgehead atoms. The number of halogens is 1. The summed E-state index contributed by atoms with van der Waals surface area (Å²) in [4.78, 5) is 0. The highest BCUT2D eigenvalue weighted by Crippen LogP contribution is 2.30. The monoisotopic (exact) mass is 275 g/mol. The van der Waals surface area contributed by atoms with Crippen molar-refractivity contribution in [3.63, 3.8) is 0 Å². The lowest BCUT2D eigenvalue weighted by Crippen LogP contribution is -2.12. The van der Waals surface area contributed by atoms with Gasteiger partial charge >= 0.3 is 0 Å². The fourth-order valence-corrected chi connectivity index (χ4v) is 2.02. The summed E-state index contributed by atoms with van der Waals surface area (Å²) in [5.41, 5.74) is 2.21. The van der Waals surface area contributed by atoms with Crippen LogP contribution in [0.15, 0.2) is 42.5 Å². The van der Waals surface area contributed by atoms with E-state index in [4.69, 9.17) is 16.3 Å². The number of nitrogens with one attached hydrogen (secondary N) is 1. The number of rotatable bonds is 5. The molecular formula is C16H18ClNO. The van der Waals surface area contributed by atoms with E-state index in [1.165, 1.54) is 5.56 Å². The summed E-state index contributed by atoms with van der Waals surface area (Å²) < 4.78 is 5.92. The third kappa shape index (κ3) is 3.72. The first-order chi connectivity index (χ1) is 9.20. The minimum absolute atomic E-state index is 0.706. The first-order valence-electron chi connectivity index (χ1n) is 6.43. The Labute approximate surface area is 119 Å². The molecule has 2 rings (SSSR count). The molecule has 0 saturated heterocycles. The average molecular weight is 276 g/mol. The maximum atomic E-state index is 6.24. The minimum atomic E-state index is 0.706. The molecule has 2 nitrogen and oxygen atoms in total. The van der Waals surface area contributed by atoms with Crippen molar-refractivity contribution in [2.24, 2.45) is 0 Å². The van der Waals surface area contributed by atoms with Crippen LogP contribution < -0.4 is 10.1 Å². The van der Waals surface area contributed by atoms with Crippen molar-refractivity contribution in [1.82, 2.24) is 5.32 Å². The number of hydrogen-bond acceptors (Lipinski definition) is 2. The molecule has 19 heavy (non-hydrogen) atoms. The summed E-state index contributed by atoms with van der Waals surface area (Å²) in [6.45, 7) is 5.73. The van der Waals surface area contributed by atoms with E-state index in [-0.39, 0.29) is 0 Å². The standard InChI is InChI=1S/C16H18ClNO/c1-3-18-11-14-15(17)5-4-6-16(14)19-13-9-7-12(2)8-10-13/h4-10,18H,3,11H2,1-2H3. The quantitative estimate of drug-likeness (QED) is 0.864. The molecule has 0 heterocycles. The molecule has 0 unspecified atom stereocenters. The van der Waals surface area contributed by atoms with E-state index in [0.29, 0.717) is 6.54 Å². The molecule has 0 amide bonds. The van der Waals surface area contributed by atoms with Gasteiger partial charge in [0.15, 0.2) is 0 Å². The number of benzene rings is 2. The lowest BCUT2D eigenvalue weighted by Gasteiger charge is -2.13. The highest BCUT2D eigenvalue weighted by molar-refractivity contribution is 6.31. The van der Waals surface area contributed by atoms with Gasteiger partial charge in [-0.3, -0.25) is 0 Å². The number of hydrogen-bond donors (Lipinski definition) is 1. The van der Waals surface area contributed by atoms with Gasteiger partial charge in [-0.15, -0.1) is 0 Å². The van der Waals surface area contributed by atoms with Crippen molar-refractivity contribution in [1.29, 1.82) is 0 Å². The fourth-order valence-electron chi connectivity index (χ4n) is 1.79. The Morgan fingerprint density at radius 3 is 2.53 bits per heavy atom. The first kappa shape index (κ1) is 13.9. The summed E-state index contributed by atoms with van der Waals surface area (Å²) in [6, 6.07) is 13.7. The highest BCUT2D eigenvalue weighted by atomic mass is 35.5. The van der Waals surface area contributed by atoms with Crippen molar-refractivity contribution in [2.45, 2.75) is 20.4 Å². The molecule has 0 spiro atoms. The van der Waals surface area contributed by atoms with Crippen molar-refractivity contribution in [3.05, 3.63) is 58.6 Å². The normalized spacial score (nSPS) is 10.5. The van der Waals surface area contributed by atoms with Crippen LogP contribution in [-0.4, -0.2) is 6.54 Å². The third-order valence-electron chi connectivity index (χ3n) is 2.88. The van der Waals surface area contributed by atoms with Crippen LogP contribution in [0, 0.1) is 6.92 Å². The molecule has 100 valence electrons. The van der Waals surface area contributed by atoms with E-state index in [9.17, 15) is 0 Å². The maximum absolute atomic E-state index is 6.24. The Hall–Kier alpha value is -1.51. The lowest BCUT2D eigenvalue weighted by molar-refractivity contribution is 0.473. The molecule has 0 radical (unpaired) electrons. The molecule has 1 N–H and O–H groups in total. The predicted octanol–water partition coefficient (Wildman–Crippen LogP) is 4.55. The molecule has 0 aromatic heterocycles. The summed E-state index contributed by atoms with van der Waals surface area (Å²) in [5.74, 6) is 1.63. The van der Waals surface area contributed by atoms with E-state index in [1.54, 1.807) is 0 Å². The molecule has 2 aromatic rings. The molecule has 0 aliphatic carbocycles. The van der Waals surface area contributed by atoms with Crippen molar-refractivity contribution in [3.8, 4) is 11.5 Å². The van der Waals surface area contributed by atoms with Crippen LogP contribution in [0.4, 0.5) is 0 Å². The topological polar surface area (TPSA) is 21.3 Å². The number of aryl methyl sites for hydroxylation is 1. The Morgan fingerprint density at radius 1 is 1.11 bits per heavy atom. The van der Waals surface area contributed by atoms with Gasteiger partial charge in [0, 0.05) is 17.1 Å². The van der Waals surface area contributed by atoms with Gasteiger partial charge in [-0.1, -0.05) is 42.3 Å². The predicted molar refractivity (Wildman–Crippen MR) is 80.1 cm³/mol. The van der Waals surface area contributed by atoms with Gasteiger partial charge in [-0.2, -0.15) is 0 Å². The second kappa shape index (κ2) is 6.60.